The van der Waals surface area contributed by atoms with Gasteiger partial charge in [-0.25, -0.2) is 5.84 Å². The van der Waals surface area contributed by atoms with E-state index in [2.05, 4.69) is 47.0 Å². The molecule has 4 nitrogen and oxygen atoms in total. The topological polar surface area (TPSA) is 75.4 Å². The molecular weight excluding hydrogens is 264 g/mol. The summed E-state index contributed by atoms with van der Waals surface area (Å²) in [5.74, 6) is 5.37. The van der Waals surface area contributed by atoms with Crippen LogP contribution >= 0.6 is 0 Å². The van der Waals surface area contributed by atoms with E-state index in [0.717, 1.165) is 11.1 Å². The summed E-state index contributed by atoms with van der Waals surface area (Å²) in [7, 11) is 0. The fourth-order valence-electron chi connectivity index (χ4n) is 2.54. The van der Waals surface area contributed by atoms with Gasteiger partial charge in [-0.15, -0.1) is 0 Å². The standard InChI is InChI=1S/C17H28N2O2/c1-16(2,3)12(10-15(21)19-18)11-7-8-14(20)13(9-11)17(4,5)6/h7-9,12,20H,10,18H2,1-6H3,(H,19,21). The van der Waals surface area contributed by atoms with Crippen molar-refractivity contribution >= 4 is 5.91 Å². The summed E-state index contributed by atoms with van der Waals surface area (Å²) in [4.78, 5) is 11.7. The lowest BCUT2D eigenvalue weighted by atomic mass is 9.73. The Balaban J connectivity index is 3.29. The highest BCUT2D eigenvalue weighted by Gasteiger charge is 2.30. The molecule has 1 rings (SSSR count). The van der Waals surface area contributed by atoms with E-state index in [4.69, 9.17) is 5.84 Å². The maximum atomic E-state index is 11.7. The summed E-state index contributed by atoms with van der Waals surface area (Å²) >= 11 is 0. The average molecular weight is 292 g/mol. The Hall–Kier alpha value is -1.55. The third-order valence-electron chi connectivity index (χ3n) is 3.83. The van der Waals surface area contributed by atoms with Crippen LogP contribution in [0.4, 0.5) is 0 Å². The first-order chi connectivity index (χ1) is 9.46. The highest BCUT2D eigenvalue weighted by molar-refractivity contribution is 5.76. The Kier molecular flexibility index (Phi) is 5.05. The minimum Gasteiger partial charge on any atom is -0.508 e. The van der Waals surface area contributed by atoms with E-state index < -0.39 is 0 Å². The number of hydrogen-bond acceptors (Lipinski definition) is 3. The van der Waals surface area contributed by atoms with Crippen molar-refractivity contribution in [3.8, 4) is 5.75 Å². The molecule has 21 heavy (non-hydrogen) atoms. The molecule has 0 saturated heterocycles. The zero-order chi connectivity index (χ0) is 16.4. The molecule has 0 aliphatic carbocycles. The number of phenols is 1. The smallest absolute Gasteiger partial charge is 0.234 e. The normalized spacial score (nSPS) is 13.9. The van der Waals surface area contributed by atoms with E-state index in [1.54, 1.807) is 6.07 Å². The van der Waals surface area contributed by atoms with Crippen LogP contribution in [0.15, 0.2) is 18.2 Å². The van der Waals surface area contributed by atoms with Crippen LogP contribution in [0.3, 0.4) is 0 Å². The molecule has 0 bridgehead atoms. The highest BCUT2D eigenvalue weighted by Crippen LogP contribution is 2.41. The lowest BCUT2D eigenvalue weighted by Gasteiger charge is -2.32. The van der Waals surface area contributed by atoms with Crippen molar-refractivity contribution in [1.82, 2.24) is 5.43 Å². The Morgan fingerprint density at radius 3 is 2.24 bits per heavy atom. The minimum atomic E-state index is -0.180. The highest BCUT2D eigenvalue weighted by atomic mass is 16.3. The van der Waals surface area contributed by atoms with Gasteiger partial charge in [0.05, 0.1) is 0 Å². The number of phenolic OH excluding ortho intramolecular Hbond substituents is 1. The molecule has 0 radical (unpaired) electrons. The molecule has 4 heteroatoms. The van der Waals surface area contributed by atoms with E-state index in [0.29, 0.717) is 12.2 Å². The molecule has 1 aromatic carbocycles. The largest absolute Gasteiger partial charge is 0.508 e. The van der Waals surface area contributed by atoms with E-state index in [1.807, 2.05) is 12.1 Å². The fourth-order valence-corrected chi connectivity index (χ4v) is 2.54. The van der Waals surface area contributed by atoms with Crippen LogP contribution in [-0.2, 0) is 10.2 Å². The summed E-state index contributed by atoms with van der Waals surface area (Å²) in [6, 6.07) is 5.62. The maximum Gasteiger partial charge on any atom is 0.234 e. The second-order valence-corrected chi connectivity index (χ2v) is 7.72. The molecule has 0 aromatic heterocycles. The lowest BCUT2D eigenvalue weighted by molar-refractivity contribution is -0.122. The Bertz CT molecular complexity index is 511. The first kappa shape index (κ1) is 17.5. The average Bonchev–Trinajstić information content (AvgIpc) is 2.33. The Labute approximate surface area is 127 Å². The molecular formula is C17H28N2O2. The maximum absolute atomic E-state index is 11.7. The minimum absolute atomic E-state index is 0.0303. The second kappa shape index (κ2) is 6.06. The van der Waals surface area contributed by atoms with Gasteiger partial charge in [-0.05, 0) is 33.9 Å². The molecule has 0 fully saturated rings. The fraction of sp³-hybridized carbons (Fsp3) is 0.588. The van der Waals surface area contributed by atoms with Gasteiger partial charge in [0.15, 0.2) is 0 Å². The SMILES string of the molecule is CC(C)(C)c1cc(C(CC(=O)NN)C(C)(C)C)ccc1O. The summed E-state index contributed by atoms with van der Waals surface area (Å²) < 4.78 is 0. The Morgan fingerprint density at radius 1 is 1.24 bits per heavy atom. The van der Waals surface area contributed by atoms with Crippen LogP contribution in [0, 0.1) is 5.41 Å². The number of benzene rings is 1. The third kappa shape index (κ3) is 4.46. The molecule has 0 heterocycles. The van der Waals surface area contributed by atoms with Crippen molar-refractivity contribution in [1.29, 1.82) is 0 Å². The number of carbonyl (C=O) groups is 1. The van der Waals surface area contributed by atoms with Crippen molar-refractivity contribution in [2.24, 2.45) is 11.3 Å². The third-order valence-corrected chi connectivity index (χ3v) is 3.83. The molecule has 1 amide bonds. The number of aromatic hydroxyl groups is 1. The summed E-state index contributed by atoms with van der Waals surface area (Å²) in [5.41, 5.74) is 3.91. The summed E-state index contributed by atoms with van der Waals surface area (Å²) in [6.07, 6.45) is 0.328. The number of hydrogen-bond donors (Lipinski definition) is 3. The predicted molar refractivity (Wildman–Crippen MR) is 85.9 cm³/mol. The van der Waals surface area contributed by atoms with Crippen molar-refractivity contribution < 1.29 is 9.90 Å². The van der Waals surface area contributed by atoms with Crippen LogP contribution in [-0.4, -0.2) is 11.0 Å². The van der Waals surface area contributed by atoms with Gasteiger partial charge in [-0.1, -0.05) is 53.7 Å². The van der Waals surface area contributed by atoms with Gasteiger partial charge in [0.25, 0.3) is 0 Å². The van der Waals surface area contributed by atoms with Crippen LogP contribution < -0.4 is 11.3 Å². The summed E-state index contributed by atoms with van der Waals surface area (Å²) in [6.45, 7) is 12.5. The van der Waals surface area contributed by atoms with E-state index in [1.165, 1.54) is 0 Å². The zero-order valence-corrected chi connectivity index (χ0v) is 13.9. The van der Waals surface area contributed by atoms with Gasteiger partial charge in [-0.2, -0.15) is 0 Å². The van der Waals surface area contributed by atoms with Gasteiger partial charge >= 0.3 is 0 Å². The number of amides is 1. The van der Waals surface area contributed by atoms with Crippen molar-refractivity contribution in [3.63, 3.8) is 0 Å². The van der Waals surface area contributed by atoms with E-state index in [9.17, 15) is 9.90 Å². The number of carbonyl (C=O) groups excluding carboxylic acids is 1. The van der Waals surface area contributed by atoms with Gasteiger partial charge < -0.3 is 5.11 Å². The van der Waals surface area contributed by atoms with Crippen LogP contribution in [0.1, 0.15) is 65.0 Å². The number of nitrogens with two attached hydrogens (primary N) is 1. The molecule has 4 N–H and O–H groups in total. The molecule has 0 spiro atoms. The molecule has 0 aliphatic heterocycles. The first-order valence-electron chi connectivity index (χ1n) is 7.29. The monoisotopic (exact) mass is 292 g/mol. The first-order valence-corrected chi connectivity index (χ1v) is 7.29. The predicted octanol–water partition coefficient (Wildman–Crippen LogP) is 3.20. The van der Waals surface area contributed by atoms with Crippen molar-refractivity contribution in [3.05, 3.63) is 29.3 Å². The number of rotatable bonds is 3. The van der Waals surface area contributed by atoms with Gasteiger partial charge in [0.2, 0.25) is 5.91 Å². The Morgan fingerprint density at radius 2 is 1.81 bits per heavy atom. The zero-order valence-electron chi connectivity index (χ0n) is 13.9. The van der Waals surface area contributed by atoms with Gasteiger partial charge in [-0.3, -0.25) is 10.2 Å². The molecule has 118 valence electrons. The van der Waals surface area contributed by atoms with E-state index in [-0.39, 0.29) is 22.7 Å². The van der Waals surface area contributed by atoms with Crippen LogP contribution in [0.5, 0.6) is 5.75 Å². The van der Waals surface area contributed by atoms with Gasteiger partial charge in [0.1, 0.15) is 5.75 Å². The van der Waals surface area contributed by atoms with Crippen LogP contribution in [0.2, 0.25) is 0 Å². The quantitative estimate of drug-likeness (QED) is 0.455. The second-order valence-electron chi connectivity index (χ2n) is 7.72. The van der Waals surface area contributed by atoms with Gasteiger partial charge in [0, 0.05) is 6.42 Å². The summed E-state index contributed by atoms with van der Waals surface area (Å²) in [5, 5.41) is 10.1. The van der Waals surface area contributed by atoms with Crippen molar-refractivity contribution in [2.45, 2.75) is 59.3 Å². The van der Waals surface area contributed by atoms with Crippen molar-refractivity contribution in [2.75, 3.05) is 0 Å². The molecule has 1 aromatic rings. The molecule has 1 atom stereocenters. The van der Waals surface area contributed by atoms with Crippen LogP contribution in [0.25, 0.3) is 0 Å². The molecule has 0 saturated carbocycles. The number of hydrazine groups is 1. The molecule has 1 unspecified atom stereocenters. The lowest BCUT2D eigenvalue weighted by Crippen LogP contribution is -2.33. The molecule has 0 aliphatic rings. The number of nitrogens with one attached hydrogen (secondary N) is 1. The van der Waals surface area contributed by atoms with E-state index >= 15 is 0 Å².